The van der Waals surface area contributed by atoms with Crippen LogP contribution in [-0.2, 0) is 14.6 Å². The molecular formula is C15H19NO4S. The Labute approximate surface area is 124 Å². The molecule has 1 heterocycles. The quantitative estimate of drug-likeness (QED) is 0.863. The lowest BCUT2D eigenvalue weighted by molar-refractivity contribution is -0.117. The zero-order chi connectivity index (χ0) is 15.5. The largest absolute Gasteiger partial charge is 0.326 e. The third kappa shape index (κ3) is 4.67. The first kappa shape index (κ1) is 15.7. The molecule has 1 N–H and O–H groups in total. The summed E-state index contributed by atoms with van der Waals surface area (Å²) in [6, 6.07) is 6.73. The fraction of sp³-hybridized carbons (Fsp3) is 0.467. The van der Waals surface area contributed by atoms with Crippen LogP contribution in [-0.4, -0.2) is 31.6 Å². The van der Waals surface area contributed by atoms with Crippen LogP contribution < -0.4 is 5.32 Å². The van der Waals surface area contributed by atoms with E-state index in [2.05, 4.69) is 5.32 Å². The van der Waals surface area contributed by atoms with Gasteiger partial charge in [-0.2, -0.15) is 0 Å². The van der Waals surface area contributed by atoms with Gasteiger partial charge in [0, 0.05) is 17.7 Å². The van der Waals surface area contributed by atoms with Crippen molar-refractivity contribution < 1.29 is 18.0 Å². The van der Waals surface area contributed by atoms with Gasteiger partial charge in [0.1, 0.15) is 0 Å². The van der Waals surface area contributed by atoms with Crippen molar-refractivity contribution in [3.8, 4) is 0 Å². The van der Waals surface area contributed by atoms with E-state index in [4.69, 9.17) is 0 Å². The highest BCUT2D eigenvalue weighted by Crippen LogP contribution is 2.22. The Hall–Kier alpha value is -1.69. The van der Waals surface area contributed by atoms with Crippen LogP contribution in [0.15, 0.2) is 24.3 Å². The highest BCUT2D eigenvalue weighted by atomic mass is 32.2. The van der Waals surface area contributed by atoms with Crippen LogP contribution in [0.1, 0.15) is 36.5 Å². The maximum atomic E-state index is 12.0. The van der Waals surface area contributed by atoms with Crippen molar-refractivity contribution in [1.29, 1.82) is 0 Å². The Morgan fingerprint density at radius 2 is 2.10 bits per heavy atom. The van der Waals surface area contributed by atoms with E-state index < -0.39 is 9.84 Å². The summed E-state index contributed by atoms with van der Waals surface area (Å²) in [4.78, 5) is 23.3. The Kier molecular flexibility index (Phi) is 4.77. The normalized spacial score (nSPS) is 20.7. The van der Waals surface area contributed by atoms with Gasteiger partial charge in [0.15, 0.2) is 15.6 Å². The van der Waals surface area contributed by atoms with Gasteiger partial charge in [0.2, 0.25) is 5.91 Å². The summed E-state index contributed by atoms with van der Waals surface area (Å²) in [7, 11) is -2.99. The number of amides is 1. The third-order valence-corrected chi connectivity index (χ3v) is 5.47. The van der Waals surface area contributed by atoms with Crippen LogP contribution in [0, 0.1) is 5.92 Å². The molecule has 1 aliphatic heterocycles. The molecule has 1 atom stereocenters. The van der Waals surface area contributed by atoms with Crippen molar-refractivity contribution in [2.75, 3.05) is 16.8 Å². The van der Waals surface area contributed by atoms with Crippen LogP contribution in [0.4, 0.5) is 5.69 Å². The number of rotatable bonds is 4. The Bertz CT molecular complexity index is 651. The van der Waals surface area contributed by atoms with Gasteiger partial charge in [-0.25, -0.2) is 8.42 Å². The second-order valence-corrected chi connectivity index (χ2v) is 7.74. The smallest absolute Gasteiger partial charge is 0.224 e. The minimum atomic E-state index is -2.99. The molecule has 6 heteroatoms. The first-order chi connectivity index (χ1) is 9.85. The molecular weight excluding hydrogens is 290 g/mol. The molecule has 1 amide bonds. The second kappa shape index (κ2) is 6.39. The first-order valence-corrected chi connectivity index (χ1v) is 8.79. The fourth-order valence-corrected chi connectivity index (χ4v) is 4.34. The predicted octanol–water partition coefficient (Wildman–Crippen LogP) is 2.04. The summed E-state index contributed by atoms with van der Waals surface area (Å²) in [6.07, 6.45) is 1.59. The van der Waals surface area contributed by atoms with Gasteiger partial charge in [-0.1, -0.05) is 12.1 Å². The van der Waals surface area contributed by atoms with E-state index in [1.807, 2.05) is 0 Å². The topological polar surface area (TPSA) is 80.3 Å². The van der Waals surface area contributed by atoms with Gasteiger partial charge < -0.3 is 5.32 Å². The molecule has 1 unspecified atom stereocenters. The summed E-state index contributed by atoms with van der Waals surface area (Å²) in [5.74, 6) is -0.0679. The van der Waals surface area contributed by atoms with Crippen LogP contribution in [0.5, 0.6) is 0 Å². The number of ketones is 1. The van der Waals surface area contributed by atoms with Crippen molar-refractivity contribution in [3.63, 3.8) is 0 Å². The standard InChI is InChI=1S/C15H19NO4S/c1-11(17)13-5-2-6-14(9-13)16-15(18)8-12-4-3-7-21(19,20)10-12/h2,5-6,9,12H,3-4,7-8,10H2,1H3,(H,16,18). The lowest BCUT2D eigenvalue weighted by Crippen LogP contribution is -2.28. The van der Waals surface area contributed by atoms with Crippen LogP contribution in [0.2, 0.25) is 0 Å². The lowest BCUT2D eigenvalue weighted by Gasteiger charge is -2.21. The SMILES string of the molecule is CC(=O)c1cccc(NC(=O)CC2CCCS(=O)(=O)C2)c1. The average molecular weight is 309 g/mol. The molecule has 21 heavy (non-hydrogen) atoms. The molecule has 1 aliphatic rings. The maximum absolute atomic E-state index is 12.0. The van der Waals surface area contributed by atoms with Gasteiger partial charge in [0.05, 0.1) is 11.5 Å². The average Bonchev–Trinajstić information content (AvgIpc) is 2.37. The molecule has 1 aromatic rings. The van der Waals surface area contributed by atoms with Crippen molar-refractivity contribution in [3.05, 3.63) is 29.8 Å². The Morgan fingerprint density at radius 1 is 1.33 bits per heavy atom. The minimum absolute atomic E-state index is 0.0653. The number of carbonyl (C=O) groups is 2. The van der Waals surface area contributed by atoms with Gasteiger partial charge in [-0.05, 0) is 37.8 Å². The van der Waals surface area contributed by atoms with E-state index in [-0.39, 0.29) is 35.5 Å². The van der Waals surface area contributed by atoms with E-state index in [1.54, 1.807) is 24.3 Å². The summed E-state index contributed by atoms with van der Waals surface area (Å²) in [5.41, 5.74) is 1.10. The van der Waals surface area contributed by atoms with Crippen LogP contribution >= 0.6 is 0 Å². The number of anilines is 1. The molecule has 0 saturated carbocycles. The molecule has 0 spiro atoms. The fourth-order valence-electron chi connectivity index (χ4n) is 2.57. The van der Waals surface area contributed by atoms with E-state index >= 15 is 0 Å². The zero-order valence-electron chi connectivity index (χ0n) is 12.0. The molecule has 1 saturated heterocycles. The second-order valence-electron chi connectivity index (χ2n) is 5.51. The van der Waals surface area contributed by atoms with Crippen molar-refractivity contribution >= 4 is 27.2 Å². The van der Waals surface area contributed by atoms with E-state index in [0.29, 0.717) is 17.7 Å². The van der Waals surface area contributed by atoms with Crippen molar-refractivity contribution in [2.45, 2.75) is 26.2 Å². The molecule has 2 rings (SSSR count). The molecule has 5 nitrogen and oxygen atoms in total. The molecule has 0 aliphatic carbocycles. The van der Waals surface area contributed by atoms with Crippen LogP contribution in [0.25, 0.3) is 0 Å². The first-order valence-electron chi connectivity index (χ1n) is 6.97. The monoisotopic (exact) mass is 309 g/mol. The lowest BCUT2D eigenvalue weighted by atomic mass is 10.0. The number of hydrogen-bond acceptors (Lipinski definition) is 4. The summed E-state index contributed by atoms with van der Waals surface area (Å²) in [5, 5.41) is 2.73. The number of carbonyl (C=O) groups excluding carboxylic acids is 2. The maximum Gasteiger partial charge on any atom is 0.224 e. The highest BCUT2D eigenvalue weighted by Gasteiger charge is 2.26. The van der Waals surface area contributed by atoms with Gasteiger partial charge in [-0.3, -0.25) is 9.59 Å². The molecule has 114 valence electrons. The molecule has 0 bridgehead atoms. The van der Waals surface area contributed by atoms with Crippen molar-refractivity contribution in [1.82, 2.24) is 0 Å². The van der Waals surface area contributed by atoms with Gasteiger partial charge >= 0.3 is 0 Å². The van der Waals surface area contributed by atoms with E-state index in [9.17, 15) is 18.0 Å². The number of nitrogens with one attached hydrogen (secondary N) is 1. The number of hydrogen-bond donors (Lipinski definition) is 1. The van der Waals surface area contributed by atoms with Gasteiger partial charge in [0.25, 0.3) is 0 Å². The van der Waals surface area contributed by atoms with Crippen molar-refractivity contribution in [2.24, 2.45) is 5.92 Å². The van der Waals surface area contributed by atoms with Crippen LogP contribution in [0.3, 0.4) is 0 Å². The highest BCUT2D eigenvalue weighted by molar-refractivity contribution is 7.91. The summed E-state index contributed by atoms with van der Waals surface area (Å²) < 4.78 is 23.1. The predicted molar refractivity (Wildman–Crippen MR) is 81.1 cm³/mol. The molecule has 1 aromatic carbocycles. The minimum Gasteiger partial charge on any atom is -0.326 e. The van der Waals surface area contributed by atoms with Gasteiger partial charge in [-0.15, -0.1) is 0 Å². The summed E-state index contributed by atoms with van der Waals surface area (Å²) in [6.45, 7) is 1.47. The summed E-state index contributed by atoms with van der Waals surface area (Å²) >= 11 is 0. The third-order valence-electron chi connectivity index (χ3n) is 3.58. The molecule has 1 fully saturated rings. The number of sulfone groups is 1. The molecule has 0 radical (unpaired) electrons. The van der Waals surface area contributed by atoms with E-state index in [0.717, 1.165) is 6.42 Å². The molecule has 0 aromatic heterocycles. The Morgan fingerprint density at radius 3 is 2.76 bits per heavy atom. The number of Topliss-reactive ketones (excluding diaryl/α,β-unsaturated/α-hetero) is 1. The Balaban J connectivity index is 1.95. The number of benzene rings is 1. The zero-order valence-corrected chi connectivity index (χ0v) is 12.8. The van der Waals surface area contributed by atoms with E-state index in [1.165, 1.54) is 6.92 Å².